The van der Waals surface area contributed by atoms with E-state index in [4.69, 9.17) is 16.7 Å². The van der Waals surface area contributed by atoms with Gasteiger partial charge in [0, 0.05) is 0 Å². The maximum Gasteiger partial charge on any atom is 0.337 e. The summed E-state index contributed by atoms with van der Waals surface area (Å²) in [4.78, 5) is 10.9. The lowest BCUT2D eigenvalue weighted by atomic mass is 9.94. The first-order valence-corrected chi connectivity index (χ1v) is 7.81. The maximum absolute atomic E-state index is 12.1. The summed E-state index contributed by atoms with van der Waals surface area (Å²) in [6.45, 7) is 5.85. The molecule has 0 atom stereocenters. The Kier molecular flexibility index (Phi) is 4.63. The van der Waals surface area contributed by atoms with Crippen molar-refractivity contribution in [2.45, 2.75) is 32.1 Å². The molecular formula is C13H17ClO4S. The van der Waals surface area contributed by atoms with Crippen LogP contribution in [0.3, 0.4) is 0 Å². The molecule has 0 heterocycles. The highest BCUT2D eigenvalue weighted by Crippen LogP contribution is 2.25. The third kappa shape index (κ3) is 4.51. The summed E-state index contributed by atoms with van der Waals surface area (Å²) in [6, 6.07) is 3.75. The van der Waals surface area contributed by atoms with Crippen LogP contribution in [0.15, 0.2) is 23.1 Å². The molecule has 6 heteroatoms. The first-order valence-electron chi connectivity index (χ1n) is 5.78. The average Bonchev–Trinajstić information content (AvgIpc) is 2.25. The molecular weight excluding hydrogens is 288 g/mol. The van der Waals surface area contributed by atoms with Gasteiger partial charge in [-0.05, 0) is 30.0 Å². The molecule has 106 valence electrons. The van der Waals surface area contributed by atoms with Crippen LogP contribution in [-0.4, -0.2) is 25.2 Å². The number of hydrogen-bond acceptors (Lipinski definition) is 3. The van der Waals surface area contributed by atoms with Crippen LogP contribution in [-0.2, 0) is 9.84 Å². The quantitative estimate of drug-likeness (QED) is 0.927. The molecule has 0 saturated heterocycles. The van der Waals surface area contributed by atoms with E-state index in [-0.39, 0.29) is 26.6 Å². The molecule has 0 aliphatic heterocycles. The Bertz CT molecular complexity index is 585. The van der Waals surface area contributed by atoms with Crippen LogP contribution in [0, 0.1) is 5.41 Å². The van der Waals surface area contributed by atoms with E-state index in [9.17, 15) is 13.2 Å². The molecule has 0 bridgehead atoms. The first-order chi connectivity index (χ1) is 8.53. The van der Waals surface area contributed by atoms with Crippen molar-refractivity contribution in [3.8, 4) is 0 Å². The highest BCUT2D eigenvalue weighted by Gasteiger charge is 2.21. The number of hydrogen-bond donors (Lipinski definition) is 1. The van der Waals surface area contributed by atoms with Crippen molar-refractivity contribution < 1.29 is 18.3 Å². The number of benzene rings is 1. The standard InChI is InChI=1S/C13H17ClO4S/c1-13(2,3)6-7-19(17,18)9-4-5-11(14)10(8-9)12(15)16/h4-5,8H,6-7H2,1-3H3,(H,15,16). The molecule has 1 aromatic rings. The van der Waals surface area contributed by atoms with Crippen molar-refractivity contribution in [3.05, 3.63) is 28.8 Å². The second-order valence-corrected chi connectivity index (χ2v) is 8.09. The van der Waals surface area contributed by atoms with Crippen LogP contribution in [0.25, 0.3) is 0 Å². The predicted octanol–water partition coefficient (Wildman–Crippen LogP) is 3.25. The lowest BCUT2D eigenvalue weighted by molar-refractivity contribution is 0.0697. The monoisotopic (exact) mass is 304 g/mol. The van der Waals surface area contributed by atoms with Crippen molar-refractivity contribution in [1.82, 2.24) is 0 Å². The molecule has 0 aromatic heterocycles. The van der Waals surface area contributed by atoms with Gasteiger partial charge in [-0.15, -0.1) is 0 Å². The Balaban J connectivity index is 3.09. The van der Waals surface area contributed by atoms with Crippen molar-refractivity contribution in [1.29, 1.82) is 0 Å². The number of sulfone groups is 1. The third-order valence-electron chi connectivity index (χ3n) is 2.65. The summed E-state index contributed by atoms with van der Waals surface area (Å²) >= 11 is 5.72. The molecule has 0 saturated carbocycles. The molecule has 0 unspecified atom stereocenters. The zero-order chi connectivity index (χ0) is 14.8. The highest BCUT2D eigenvalue weighted by molar-refractivity contribution is 7.91. The molecule has 0 spiro atoms. The Labute approximate surface area is 118 Å². The fourth-order valence-electron chi connectivity index (χ4n) is 1.42. The van der Waals surface area contributed by atoms with Crippen LogP contribution in [0.2, 0.25) is 5.02 Å². The van der Waals surface area contributed by atoms with Crippen molar-refractivity contribution in [2.24, 2.45) is 5.41 Å². The molecule has 0 aliphatic carbocycles. The second-order valence-electron chi connectivity index (χ2n) is 5.58. The topological polar surface area (TPSA) is 71.4 Å². The van der Waals surface area contributed by atoms with Crippen LogP contribution >= 0.6 is 11.6 Å². The van der Waals surface area contributed by atoms with E-state index in [1.807, 2.05) is 20.8 Å². The minimum atomic E-state index is -3.49. The first kappa shape index (κ1) is 16.0. The van der Waals surface area contributed by atoms with Gasteiger partial charge in [0.15, 0.2) is 9.84 Å². The van der Waals surface area contributed by atoms with Gasteiger partial charge in [0.05, 0.1) is 21.2 Å². The van der Waals surface area contributed by atoms with Crippen molar-refractivity contribution in [3.63, 3.8) is 0 Å². The van der Waals surface area contributed by atoms with Crippen molar-refractivity contribution in [2.75, 3.05) is 5.75 Å². The summed E-state index contributed by atoms with van der Waals surface area (Å²) < 4.78 is 24.3. The van der Waals surface area contributed by atoms with Gasteiger partial charge >= 0.3 is 5.97 Å². The van der Waals surface area contributed by atoms with E-state index < -0.39 is 15.8 Å². The van der Waals surface area contributed by atoms with E-state index in [0.717, 1.165) is 6.07 Å². The predicted molar refractivity (Wildman–Crippen MR) is 74.5 cm³/mol. The SMILES string of the molecule is CC(C)(C)CCS(=O)(=O)c1ccc(Cl)c(C(=O)O)c1. The zero-order valence-electron chi connectivity index (χ0n) is 11.1. The molecule has 0 radical (unpaired) electrons. The second kappa shape index (κ2) is 5.51. The molecule has 0 aliphatic rings. The van der Waals surface area contributed by atoms with E-state index in [2.05, 4.69) is 0 Å². The fourth-order valence-corrected chi connectivity index (χ4v) is 3.31. The Morgan fingerprint density at radius 3 is 2.37 bits per heavy atom. The number of halogens is 1. The van der Waals surface area contributed by atoms with Crippen LogP contribution in [0.5, 0.6) is 0 Å². The van der Waals surface area contributed by atoms with Gasteiger partial charge in [0.25, 0.3) is 0 Å². The van der Waals surface area contributed by atoms with E-state index in [1.165, 1.54) is 12.1 Å². The highest BCUT2D eigenvalue weighted by atomic mass is 35.5. The van der Waals surface area contributed by atoms with Gasteiger partial charge in [0.2, 0.25) is 0 Å². The average molecular weight is 305 g/mol. The van der Waals surface area contributed by atoms with Gasteiger partial charge in [-0.1, -0.05) is 32.4 Å². The summed E-state index contributed by atoms with van der Waals surface area (Å²) in [5.74, 6) is -1.25. The summed E-state index contributed by atoms with van der Waals surface area (Å²) in [7, 11) is -3.49. The number of carbonyl (C=O) groups is 1. The van der Waals surface area contributed by atoms with Crippen LogP contribution in [0.1, 0.15) is 37.6 Å². The van der Waals surface area contributed by atoms with Crippen molar-refractivity contribution >= 4 is 27.4 Å². The van der Waals surface area contributed by atoms with E-state index in [0.29, 0.717) is 6.42 Å². The van der Waals surface area contributed by atoms with Gasteiger partial charge < -0.3 is 5.11 Å². The Hall–Kier alpha value is -1.07. The Morgan fingerprint density at radius 1 is 1.32 bits per heavy atom. The summed E-state index contributed by atoms with van der Waals surface area (Å²) in [6.07, 6.45) is 0.500. The Morgan fingerprint density at radius 2 is 1.89 bits per heavy atom. The minimum absolute atomic E-state index is 0.00134. The van der Waals surface area contributed by atoms with Gasteiger partial charge in [-0.3, -0.25) is 0 Å². The maximum atomic E-state index is 12.1. The van der Waals surface area contributed by atoms with E-state index >= 15 is 0 Å². The normalized spacial score (nSPS) is 12.4. The number of carboxylic acids is 1. The van der Waals surface area contributed by atoms with Gasteiger partial charge in [0.1, 0.15) is 0 Å². The number of rotatable bonds is 4. The molecule has 1 N–H and O–H groups in total. The fraction of sp³-hybridized carbons (Fsp3) is 0.462. The molecule has 4 nitrogen and oxygen atoms in total. The van der Waals surface area contributed by atoms with E-state index in [1.54, 1.807) is 0 Å². The number of carboxylic acid groups (broad SMARTS) is 1. The largest absolute Gasteiger partial charge is 0.478 e. The molecule has 0 amide bonds. The lowest BCUT2D eigenvalue weighted by Crippen LogP contribution is -2.15. The van der Waals surface area contributed by atoms with Gasteiger partial charge in [-0.2, -0.15) is 0 Å². The lowest BCUT2D eigenvalue weighted by Gasteiger charge is -2.17. The smallest absolute Gasteiger partial charge is 0.337 e. The zero-order valence-corrected chi connectivity index (χ0v) is 12.7. The van der Waals surface area contributed by atoms with Gasteiger partial charge in [-0.25, -0.2) is 13.2 Å². The van der Waals surface area contributed by atoms with Crippen LogP contribution in [0.4, 0.5) is 0 Å². The third-order valence-corrected chi connectivity index (χ3v) is 4.69. The molecule has 1 rings (SSSR count). The van der Waals surface area contributed by atoms with Crippen LogP contribution < -0.4 is 0 Å². The molecule has 0 fully saturated rings. The minimum Gasteiger partial charge on any atom is -0.478 e. The number of aromatic carboxylic acids is 1. The summed E-state index contributed by atoms with van der Waals surface area (Å²) in [5.41, 5.74) is -0.298. The molecule has 19 heavy (non-hydrogen) atoms. The summed E-state index contributed by atoms with van der Waals surface area (Å²) in [5, 5.41) is 8.97. The molecule has 1 aromatic carbocycles.